The molecule has 13 heavy (non-hydrogen) atoms. The molecule has 0 aromatic carbocycles. The van der Waals surface area contributed by atoms with Gasteiger partial charge in [0.05, 0.1) is 6.10 Å². The number of carbonyl (C=O) groups excluding carboxylic acids is 1. The van der Waals surface area contributed by atoms with E-state index in [2.05, 4.69) is 9.57 Å². The predicted molar refractivity (Wildman–Crippen MR) is 36.8 cm³/mol. The molecule has 0 atom stereocenters. The standard InChI is InChI=1S/C6H10F3NO3/c1-4(2)13-5(11)10-12-3-6(7,8)9/h4H,3H2,1-2H3,(H,10,11). The van der Waals surface area contributed by atoms with Crippen LogP contribution in [0.3, 0.4) is 0 Å². The second-order valence-corrected chi connectivity index (χ2v) is 2.46. The first-order chi connectivity index (χ1) is 5.81. The molecule has 0 rings (SSSR count). The molecule has 0 aliphatic carbocycles. The maximum absolute atomic E-state index is 11.5. The summed E-state index contributed by atoms with van der Waals surface area (Å²) in [5, 5.41) is 0. The summed E-state index contributed by atoms with van der Waals surface area (Å²) in [6, 6.07) is 0. The van der Waals surface area contributed by atoms with Crippen LogP contribution >= 0.6 is 0 Å². The molecule has 0 saturated heterocycles. The van der Waals surface area contributed by atoms with Gasteiger partial charge < -0.3 is 4.74 Å². The van der Waals surface area contributed by atoms with Gasteiger partial charge in [0.2, 0.25) is 0 Å². The molecular formula is C6H10F3NO3. The van der Waals surface area contributed by atoms with Gasteiger partial charge in [-0.05, 0) is 13.8 Å². The highest BCUT2D eigenvalue weighted by Gasteiger charge is 2.28. The monoisotopic (exact) mass is 201 g/mol. The Kier molecular flexibility index (Phi) is 4.53. The Balaban J connectivity index is 3.49. The van der Waals surface area contributed by atoms with Crippen LogP contribution in [-0.4, -0.2) is 25.0 Å². The number of hydroxylamine groups is 1. The van der Waals surface area contributed by atoms with E-state index in [9.17, 15) is 18.0 Å². The van der Waals surface area contributed by atoms with Crippen LogP contribution in [0.15, 0.2) is 0 Å². The Morgan fingerprint density at radius 1 is 1.46 bits per heavy atom. The summed E-state index contributed by atoms with van der Waals surface area (Å²) in [6.45, 7) is 1.58. The van der Waals surface area contributed by atoms with Gasteiger partial charge in [0.15, 0.2) is 6.61 Å². The van der Waals surface area contributed by atoms with Crippen LogP contribution in [0.5, 0.6) is 0 Å². The van der Waals surface area contributed by atoms with Crippen LogP contribution < -0.4 is 5.48 Å². The zero-order chi connectivity index (χ0) is 10.5. The highest BCUT2D eigenvalue weighted by Crippen LogP contribution is 2.13. The highest BCUT2D eigenvalue weighted by molar-refractivity contribution is 5.65. The Morgan fingerprint density at radius 3 is 2.38 bits per heavy atom. The molecule has 1 N–H and O–H groups in total. The lowest BCUT2D eigenvalue weighted by atomic mass is 10.5. The third-order valence-corrected chi connectivity index (χ3v) is 0.734. The average molecular weight is 201 g/mol. The largest absolute Gasteiger partial charge is 0.445 e. The summed E-state index contributed by atoms with van der Waals surface area (Å²) in [6.07, 6.45) is -5.92. The normalized spacial score (nSPS) is 11.5. The minimum atomic E-state index is -4.47. The summed E-state index contributed by atoms with van der Waals surface area (Å²) in [4.78, 5) is 14.3. The van der Waals surface area contributed by atoms with Crippen LogP contribution in [0.4, 0.5) is 18.0 Å². The van der Waals surface area contributed by atoms with Gasteiger partial charge in [-0.3, -0.25) is 4.84 Å². The first-order valence-electron chi connectivity index (χ1n) is 3.46. The van der Waals surface area contributed by atoms with E-state index in [4.69, 9.17) is 0 Å². The van der Waals surface area contributed by atoms with Gasteiger partial charge in [-0.15, -0.1) is 0 Å². The Labute approximate surface area is 73.0 Å². The third-order valence-electron chi connectivity index (χ3n) is 0.734. The molecular weight excluding hydrogens is 191 g/mol. The maximum atomic E-state index is 11.5. The van der Waals surface area contributed by atoms with Crippen molar-refractivity contribution in [2.45, 2.75) is 26.1 Å². The molecule has 0 aromatic rings. The van der Waals surface area contributed by atoms with Crippen molar-refractivity contribution in [2.24, 2.45) is 0 Å². The van der Waals surface area contributed by atoms with E-state index in [0.29, 0.717) is 0 Å². The molecule has 0 aromatic heterocycles. The zero-order valence-electron chi connectivity index (χ0n) is 7.14. The predicted octanol–water partition coefficient (Wildman–Crippen LogP) is 1.61. The van der Waals surface area contributed by atoms with Gasteiger partial charge in [0, 0.05) is 0 Å². The Bertz CT molecular complexity index is 169. The fourth-order valence-electron chi connectivity index (χ4n) is 0.415. The summed E-state index contributed by atoms with van der Waals surface area (Å²) in [5.41, 5.74) is 1.49. The molecule has 0 heterocycles. The second-order valence-electron chi connectivity index (χ2n) is 2.46. The quantitative estimate of drug-likeness (QED) is 0.705. The highest BCUT2D eigenvalue weighted by atomic mass is 19.4. The fourth-order valence-corrected chi connectivity index (χ4v) is 0.415. The molecule has 0 aliphatic rings. The molecule has 0 fully saturated rings. The van der Waals surface area contributed by atoms with Crippen LogP contribution in [0.2, 0.25) is 0 Å². The van der Waals surface area contributed by atoms with Crippen molar-refractivity contribution in [3.63, 3.8) is 0 Å². The van der Waals surface area contributed by atoms with Crippen molar-refractivity contribution in [3.8, 4) is 0 Å². The van der Waals surface area contributed by atoms with Crippen molar-refractivity contribution in [1.29, 1.82) is 0 Å². The Morgan fingerprint density at radius 2 is 2.00 bits per heavy atom. The first-order valence-corrected chi connectivity index (χ1v) is 3.46. The number of hydrogen-bond acceptors (Lipinski definition) is 3. The van der Waals surface area contributed by atoms with Crippen molar-refractivity contribution in [2.75, 3.05) is 6.61 Å². The van der Waals surface area contributed by atoms with E-state index in [1.165, 1.54) is 5.48 Å². The summed E-state index contributed by atoms with van der Waals surface area (Å²) >= 11 is 0. The Hall–Kier alpha value is -0.980. The first kappa shape index (κ1) is 12.0. The van der Waals surface area contributed by atoms with Crippen LogP contribution in [0.1, 0.15) is 13.8 Å². The number of nitrogens with one attached hydrogen (secondary N) is 1. The lowest BCUT2D eigenvalue weighted by Crippen LogP contribution is -2.31. The van der Waals surface area contributed by atoms with Gasteiger partial charge in [0.25, 0.3) is 0 Å². The van der Waals surface area contributed by atoms with E-state index in [1.54, 1.807) is 13.8 Å². The second kappa shape index (κ2) is 4.90. The minimum absolute atomic E-state index is 0.408. The number of hydrogen-bond donors (Lipinski definition) is 1. The lowest BCUT2D eigenvalue weighted by Gasteiger charge is -2.10. The maximum Gasteiger partial charge on any atom is 0.431 e. The summed E-state index contributed by atoms with van der Waals surface area (Å²) < 4.78 is 38.8. The van der Waals surface area contributed by atoms with Gasteiger partial charge in [-0.2, -0.15) is 18.7 Å². The number of carbonyl (C=O) groups is 1. The molecule has 7 heteroatoms. The zero-order valence-corrected chi connectivity index (χ0v) is 7.14. The molecule has 0 saturated carbocycles. The smallest absolute Gasteiger partial charge is 0.431 e. The van der Waals surface area contributed by atoms with E-state index in [-0.39, 0.29) is 0 Å². The third kappa shape index (κ3) is 8.93. The minimum Gasteiger partial charge on any atom is -0.445 e. The van der Waals surface area contributed by atoms with Gasteiger partial charge in [0.1, 0.15) is 0 Å². The van der Waals surface area contributed by atoms with Crippen molar-refractivity contribution in [1.82, 2.24) is 5.48 Å². The number of halogens is 3. The summed E-state index contributed by atoms with van der Waals surface area (Å²) in [5.74, 6) is 0. The van der Waals surface area contributed by atoms with Crippen LogP contribution in [0.25, 0.3) is 0 Å². The number of amides is 1. The van der Waals surface area contributed by atoms with Crippen molar-refractivity contribution < 1.29 is 27.5 Å². The SMILES string of the molecule is CC(C)OC(=O)NOCC(F)(F)F. The van der Waals surface area contributed by atoms with E-state index < -0.39 is 25.0 Å². The van der Waals surface area contributed by atoms with E-state index in [0.717, 1.165) is 0 Å². The lowest BCUT2D eigenvalue weighted by molar-refractivity contribution is -0.186. The van der Waals surface area contributed by atoms with Crippen molar-refractivity contribution in [3.05, 3.63) is 0 Å². The molecule has 0 spiro atoms. The van der Waals surface area contributed by atoms with Crippen molar-refractivity contribution >= 4 is 6.09 Å². The van der Waals surface area contributed by atoms with Gasteiger partial charge in [-0.25, -0.2) is 4.79 Å². The molecule has 0 radical (unpaired) electrons. The topological polar surface area (TPSA) is 47.6 Å². The van der Waals surface area contributed by atoms with Crippen LogP contribution in [0, 0.1) is 0 Å². The molecule has 1 amide bonds. The number of alkyl halides is 3. The van der Waals surface area contributed by atoms with E-state index >= 15 is 0 Å². The number of ether oxygens (including phenoxy) is 1. The van der Waals surface area contributed by atoms with Crippen LogP contribution in [-0.2, 0) is 9.57 Å². The van der Waals surface area contributed by atoms with E-state index in [1.807, 2.05) is 0 Å². The number of rotatable bonds is 3. The molecule has 0 unspecified atom stereocenters. The summed E-state index contributed by atoms with van der Waals surface area (Å²) in [7, 11) is 0. The molecule has 0 bridgehead atoms. The van der Waals surface area contributed by atoms with Gasteiger partial charge in [-0.1, -0.05) is 0 Å². The average Bonchev–Trinajstić information content (AvgIpc) is 1.81. The molecule has 4 nitrogen and oxygen atoms in total. The molecule has 78 valence electrons. The fraction of sp³-hybridized carbons (Fsp3) is 0.833. The molecule has 0 aliphatic heterocycles. The van der Waals surface area contributed by atoms with Gasteiger partial charge >= 0.3 is 12.3 Å².